The fraction of sp³-hybridized carbons (Fsp3) is 0.538. The van der Waals surface area contributed by atoms with Gasteiger partial charge in [0.05, 0.1) is 0 Å². The minimum absolute atomic E-state index is 0.265. The lowest BCUT2D eigenvalue weighted by molar-refractivity contribution is 0.538. The largest absolute Gasteiger partial charge is 0.122 e. The van der Waals surface area contributed by atoms with Crippen molar-refractivity contribution in [1.29, 1.82) is 0 Å². The third-order valence-electron chi connectivity index (χ3n) is 3.37. The Bertz CT molecular complexity index is 340. The predicted molar refractivity (Wildman–Crippen MR) is 66.7 cm³/mol. The summed E-state index contributed by atoms with van der Waals surface area (Å²) in [4.78, 5) is 0. The minimum Gasteiger partial charge on any atom is -0.122 e. The fourth-order valence-corrected chi connectivity index (χ4v) is 2.85. The fourth-order valence-electron chi connectivity index (χ4n) is 2.11. The van der Waals surface area contributed by atoms with E-state index in [9.17, 15) is 0 Å². The maximum atomic E-state index is 6.40. The molecule has 0 radical (unpaired) electrons. The molecule has 0 bridgehead atoms. The van der Waals surface area contributed by atoms with E-state index in [0.717, 1.165) is 11.4 Å². The van der Waals surface area contributed by atoms with E-state index in [1.165, 1.54) is 12.0 Å². The molecular formula is C13H16Cl2. The molecule has 1 saturated carbocycles. The van der Waals surface area contributed by atoms with Gasteiger partial charge >= 0.3 is 0 Å². The molecule has 0 heterocycles. The summed E-state index contributed by atoms with van der Waals surface area (Å²) in [5.41, 5.74) is 1.74. The van der Waals surface area contributed by atoms with Gasteiger partial charge in [-0.25, -0.2) is 0 Å². The number of hydrogen-bond donors (Lipinski definition) is 0. The second kappa shape index (κ2) is 3.99. The van der Waals surface area contributed by atoms with Crippen LogP contribution in [0.25, 0.3) is 0 Å². The Hall–Kier alpha value is -0.200. The summed E-state index contributed by atoms with van der Waals surface area (Å²) in [6, 6.07) is 7.98. The van der Waals surface area contributed by atoms with Crippen LogP contribution < -0.4 is 0 Å². The van der Waals surface area contributed by atoms with Crippen molar-refractivity contribution in [2.75, 3.05) is 0 Å². The van der Waals surface area contributed by atoms with Gasteiger partial charge in [-0.05, 0) is 41.9 Å². The van der Waals surface area contributed by atoms with Crippen LogP contribution >= 0.6 is 23.2 Å². The van der Waals surface area contributed by atoms with Gasteiger partial charge in [0, 0.05) is 10.4 Å². The summed E-state index contributed by atoms with van der Waals surface area (Å²) in [5.74, 6) is 0.676. The SMILES string of the molecule is CC1(C)CC1C(Cl)Cc1ccc(Cl)cc1. The average Bonchev–Trinajstić information content (AvgIpc) is 2.79. The molecule has 1 aliphatic carbocycles. The van der Waals surface area contributed by atoms with Gasteiger partial charge in [-0.1, -0.05) is 37.6 Å². The number of halogens is 2. The van der Waals surface area contributed by atoms with E-state index >= 15 is 0 Å². The van der Waals surface area contributed by atoms with Crippen molar-refractivity contribution in [2.45, 2.75) is 32.1 Å². The lowest BCUT2D eigenvalue weighted by atomic mass is 10.0. The van der Waals surface area contributed by atoms with Crippen LogP contribution in [-0.4, -0.2) is 5.38 Å². The van der Waals surface area contributed by atoms with Gasteiger partial charge in [-0.15, -0.1) is 11.6 Å². The van der Waals surface area contributed by atoms with E-state index in [4.69, 9.17) is 23.2 Å². The normalized spacial score (nSPS) is 24.9. The quantitative estimate of drug-likeness (QED) is 0.684. The van der Waals surface area contributed by atoms with Crippen molar-refractivity contribution in [1.82, 2.24) is 0 Å². The molecule has 2 heteroatoms. The Morgan fingerprint density at radius 3 is 2.33 bits per heavy atom. The van der Waals surface area contributed by atoms with E-state index in [2.05, 4.69) is 26.0 Å². The number of hydrogen-bond acceptors (Lipinski definition) is 0. The summed E-state index contributed by atoms with van der Waals surface area (Å²) in [6.45, 7) is 4.57. The smallest absolute Gasteiger partial charge is 0.0409 e. The molecular weight excluding hydrogens is 227 g/mol. The molecule has 0 saturated heterocycles. The number of benzene rings is 1. The van der Waals surface area contributed by atoms with Crippen molar-refractivity contribution >= 4 is 23.2 Å². The first kappa shape index (κ1) is 11.3. The zero-order chi connectivity index (χ0) is 11.1. The van der Waals surface area contributed by atoms with Gasteiger partial charge in [0.2, 0.25) is 0 Å². The molecule has 0 spiro atoms. The summed E-state index contributed by atoms with van der Waals surface area (Å²) in [5, 5.41) is 1.05. The highest BCUT2D eigenvalue weighted by molar-refractivity contribution is 6.30. The first-order valence-corrected chi connectivity index (χ1v) is 6.19. The Morgan fingerprint density at radius 1 is 1.33 bits per heavy atom. The Balaban J connectivity index is 1.95. The van der Waals surface area contributed by atoms with Crippen LogP contribution in [0.2, 0.25) is 5.02 Å². The van der Waals surface area contributed by atoms with Gasteiger partial charge in [0.15, 0.2) is 0 Å². The van der Waals surface area contributed by atoms with Gasteiger partial charge < -0.3 is 0 Å². The molecule has 0 aromatic heterocycles. The monoisotopic (exact) mass is 242 g/mol. The zero-order valence-electron chi connectivity index (χ0n) is 9.13. The Labute approximate surface area is 102 Å². The first-order chi connectivity index (χ1) is 6.99. The highest BCUT2D eigenvalue weighted by Crippen LogP contribution is 2.55. The molecule has 15 heavy (non-hydrogen) atoms. The number of alkyl halides is 1. The standard InChI is InChI=1S/C13H16Cl2/c1-13(2)8-11(13)12(15)7-9-3-5-10(14)6-4-9/h3-6,11-12H,7-8H2,1-2H3. The molecule has 1 fully saturated rings. The molecule has 0 nitrogen and oxygen atoms in total. The second-order valence-electron chi connectivity index (χ2n) is 5.15. The summed E-state index contributed by atoms with van der Waals surface area (Å²) in [6.07, 6.45) is 2.21. The van der Waals surface area contributed by atoms with E-state index in [-0.39, 0.29) is 5.38 Å². The maximum absolute atomic E-state index is 6.40. The molecule has 1 aliphatic rings. The van der Waals surface area contributed by atoms with E-state index in [1.54, 1.807) is 0 Å². The zero-order valence-corrected chi connectivity index (χ0v) is 10.6. The molecule has 0 aliphatic heterocycles. The molecule has 2 atom stereocenters. The Morgan fingerprint density at radius 2 is 1.87 bits per heavy atom. The highest BCUT2D eigenvalue weighted by atomic mass is 35.5. The van der Waals surface area contributed by atoms with Crippen molar-refractivity contribution in [3.8, 4) is 0 Å². The molecule has 82 valence electrons. The lowest BCUT2D eigenvalue weighted by Crippen LogP contribution is -2.09. The van der Waals surface area contributed by atoms with Crippen LogP contribution in [0.1, 0.15) is 25.8 Å². The lowest BCUT2D eigenvalue weighted by Gasteiger charge is -2.11. The van der Waals surface area contributed by atoms with Crippen LogP contribution in [0.5, 0.6) is 0 Å². The van der Waals surface area contributed by atoms with Crippen LogP contribution in [0, 0.1) is 11.3 Å². The molecule has 2 unspecified atom stereocenters. The van der Waals surface area contributed by atoms with E-state index < -0.39 is 0 Å². The van der Waals surface area contributed by atoms with E-state index in [0.29, 0.717) is 11.3 Å². The number of rotatable bonds is 3. The van der Waals surface area contributed by atoms with Crippen molar-refractivity contribution in [3.63, 3.8) is 0 Å². The van der Waals surface area contributed by atoms with Crippen molar-refractivity contribution in [3.05, 3.63) is 34.9 Å². The third-order valence-corrected chi connectivity index (χ3v) is 4.08. The molecule has 0 amide bonds. The highest BCUT2D eigenvalue weighted by Gasteiger charge is 2.49. The molecule has 1 aromatic carbocycles. The van der Waals surface area contributed by atoms with Crippen LogP contribution in [-0.2, 0) is 6.42 Å². The van der Waals surface area contributed by atoms with Gasteiger partial charge in [-0.2, -0.15) is 0 Å². The van der Waals surface area contributed by atoms with Crippen molar-refractivity contribution in [2.24, 2.45) is 11.3 Å². The second-order valence-corrected chi connectivity index (χ2v) is 6.14. The van der Waals surface area contributed by atoms with Gasteiger partial charge in [0.1, 0.15) is 0 Å². The first-order valence-electron chi connectivity index (χ1n) is 5.37. The summed E-state index contributed by atoms with van der Waals surface area (Å²) >= 11 is 12.2. The van der Waals surface area contributed by atoms with Crippen LogP contribution in [0.4, 0.5) is 0 Å². The Kier molecular flexibility index (Phi) is 3.00. The van der Waals surface area contributed by atoms with Crippen LogP contribution in [0.3, 0.4) is 0 Å². The van der Waals surface area contributed by atoms with E-state index in [1.807, 2.05) is 12.1 Å². The minimum atomic E-state index is 0.265. The predicted octanol–water partition coefficient (Wildman–Crippen LogP) is 4.54. The molecule has 0 N–H and O–H groups in total. The molecule has 2 rings (SSSR count). The van der Waals surface area contributed by atoms with Gasteiger partial charge in [-0.3, -0.25) is 0 Å². The topological polar surface area (TPSA) is 0 Å². The van der Waals surface area contributed by atoms with Gasteiger partial charge in [0.25, 0.3) is 0 Å². The summed E-state index contributed by atoms with van der Waals surface area (Å²) in [7, 11) is 0. The van der Waals surface area contributed by atoms with Crippen molar-refractivity contribution < 1.29 is 0 Å². The van der Waals surface area contributed by atoms with Crippen LogP contribution in [0.15, 0.2) is 24.3 Å². The maximum Gasteiger partial charge on any atom is 0.0409 e. The summed E-state index contributed by atoms with van der Waals surface area (Å²) < 4.78 is 0. The third kappa shape index (κ3) is 2.68. The average molecular weight is 243 g/mol. The molecule has 1 aromatic rings.